The van der Waals surface area contributed by atoms with Crippen LogP contribution in [0.2, 0.25) is 0 Å². The monoisotopic (exact) mass is 414 g/mol. The van der Waals surface area contributed by atoms with E-state index in [1.165, 1.54) is 25.7 Å². The first-order chi connectivity index (χ1) is 14.7. The average molecular weight is 415 g/mol. The zero-order valence-electron chi connectivity index (χ0n) is 17.9. The number of anilines is 1. The number of hydrogen-bond acceptors (Lipinski definition) is 6. The molecule has 7 heteroatoms. The molecule has 1 unspecified atom stereocenters. The topological polar surface area (TPSA) is 76.6 Å². The summed E-state index contributed by atoms with van der Waals surface area (Å²) in [4.78, 5) is 24.5. The molecule has 1 atom stereocenters. The lowest BCUT2D eigenvalue weighted by atomic mass is 9.80. The van der Waals surface area contributed by atoms with Gasteiger partial charge in [-0.3, -0.25) is 4.79 Å². The van der Waals surface area contributed by atoms with Gasteiger partial charge >= 0.3 is 0 Å². The standard InChI is InChI=1S/C23H34N4O3/c28-20(11-17-3-1-2-4-17)27-8-7-23(15-27)16-30-14-19-13-25-22(26-21(19)23)24-12-18-5-9-29-10-6-18/h13,17-18H,1-12,14-16H2,(H,24,25,26). The highest BCUT2D eigenvalue weighted by molar-refractivity contribution is 5.77. The lowest BCUT2D eigenvalue weighted by molar-refractivity contribution is -0.131. The summed E-state index contributed by atoms with van der Waals surface area (Å²) in [5.41, 5.74) is 1.98. The number of carbonyl (C=O) groups is 1. The molecule has 1 saturated carbocycles. The first kappa shape index (κ1) is 20.2. The van der Waals surface area contributed by atoms with Crippen LogP contribution in [0.25, 0.3) is 0 Å². The SMILES string of the molecule is O=C(CC1CCCC1)N1CCC2(COCc3cnc(NCC4CCOCC4)nc32)C1. The Hall–Kier alpha value is -1.73. The summed E-state index contributed by atoms with van der Waals surface area (Å²) < 4.78 is 11.4. The van der Waals surface area contributed by atoms with E-state index in [9.17, 15) is 4.79 Å². The summed E-state index contributed by atoms with van der Waals surface area (Å²) in [7, 11) is 0. The van der Waals surface area contributed by atoms with Crippen molar-refractivity contribution < 1.29 is 14.3 Å². The van der Waals surface area contributed by atoms with Crippen LogP contribution in [-0.2, 0) is 26.3 Å². The molecular weight excluding hydrogens is 380 g/mol. The highest BCUT2D eigenvalue weighted by Crippen LogP contribution is 2.40. The van der Waals surface area contributed by atoms with E-state index >= 15 is 0 Å². The molecule has 5 rings (SSSR count). The zero-order valence-corrected chi connectivity index (χ0v) is 17.9. The van der Waals surface area contributed by atoms with Gasteiger partial charge in [0.15, 0.2) is 0 Å². The molecule has 1 aromatic heterocycles. The Balaban J connectivity index is 1.27. The lowest BCUT2D eigenvalue weighted by Gasteiger charge is -2.34. The second-order valence-electron chi connectivity index (χ2n) is 9.70. The van der Waals surface area contributed by atoms with E-state index in [1.54, 1.807) is 0 Å². The van der Waals surface area contributed by atoms with Crippen LogP contribution in [0.1, 0.15) is 62.6 Å². The Morgan fingerprint density at radius 2 is 2.00 bits per heavy atom. The van der Waals surface area contributed by atoms with Crippen LogP contribution < -0.4 is 5.32 Å². The number of aromatic nitrogens is 2. The minimum Gasteiger partial charge on any atom is -0.381 e. The van der Waals surface area contributed by atoms with Gasteiger partial charge in [0.1, 0.15) is 0 Å². The summed E-state index contributed by atoms with van der Waals surface area (Å²) in [5.74, 6) is 2.23. The van der Waals surface area contributed by atoms with Gasteiger partial charge in [-0.05, 0) is 43.9 Å². The van der Waals surface area contributed by atoms with Gasteiger partial charge in [0.2, 0.25) is 11.9 Å². The third-order valence-corrected chi connectivity index (χ3v) is 7.54. The fourth-order valence-electron chi connectivity index (χ4n) is 5.65. The molecule has 164 valence electrons. The average Bonchev–Trinajstić information content (AvgIpc) is 3.44. The molecular formula is C23H34N4O3. The van der Waals surface area contributed by atoms with Gasteiger partial charge in [-0.25, -0.2) is 9.97 Å². The van der Waals surface area contributed by atoms with Gasteiger partial charge in [0.25, 0.3) is 0 Å². The molecule has 4 aliphatic rings. The number of hydrogen-bond donors (Lipinski definition) is 1. The Kier molecular flexibility index (Phi) is 5.92. The van der Waals surface area contributed by atoms with Crippen LogP contribution in [0.15, 0.2) is 6.20 Å². The summed E-state index contributed by atoms with van der Waals surface area (Å²) in [6, 6.07) is 0. The van der Waals surface area contributed by atoms with E-state index in [0.29, 0.717) is 43.3 Å². The Bertz CT molecular complexity index is 761. The number of rotatable bonds is 5. The highest BCUT2D eigenvalue weighted by Gasteiger charge is 2.46. The summed E-state index contributed by atoms with van der Waals surface area (Å²) in [6.07, 6.45) is 10.7. The fraction of sp³-hybridized carbons (Fsp3) is 0.783. The van der Waals surface area contributed by atoms with Crippen molar-refractivity contribution in [2.45, 2.75) is 63.4 Å². The predicted molar refractivity (Wildman–Crippen MR) is 113 cm³/mol. The van der Waals surface area contributed by atoms with Crippen LogP contribution in [-0.4, -0.2) is 60.2 Å². The maximum atomic E-state index is 12.9. The number of ether oxygens (including phenoxy) is 2. The van der Waals surface area contributed by atoms with Crippen LogP contribution in [0.5, 0.6) is 0 Å². The number of nitrogens with zero attached hydrogens (tertiary/aromatic N) is 3. The van der Waals surface area contributed by atoms with Crippen molar-refractivity contribution >= 4 is 11.9 Å². The molecule has 1 aromatic rings. The molecule has 3 aliphatic heterocycles. The second-order valence-corrected chi connectivity index (χ2v) is 9.70. The van der Waals surface area contributed by atoms with Crippen molar-refractivity contribution in [3.8, 4) is 0 Å². The molecule has 7 nitrogen and oxygen atoms in total. The third kappa shape index (κ3) is 4.19. The number of likely N-dealkylation sites (tertiary alicyclic amines) is 1. The fourth-order valence-corrected chi connectivity index (χ4v) is 5.65. The molecule has 3 fully saturated rings. The molecule has 0 aromatic carbocycles. The van der Waals surface area contributed by atoms with Gasteiger partial charge in [0, 0.05) is 51.0 Å². The number of carbonyl (C=O) groups excluding carboxylic acids is 1. The third-order valence-electron chi connectivity index (χ3n) is 7.54. The van der Waals surface area contributed by atoms with Gasteiger partial charge in [-0.2, -0.15) is 0 Å². The van der Waals surface area contributed by atoms with E-state index in [1.807, 2.05) is 6.20 Å². The van der Waals surface area contributed by atoms with Crippen molar-refractivity contribution in [3.63, 3.8) is 0 Å². The Morgan fingerprint density at radius 3 is 2.83 bits per heavy atom. The molecule has 30 heavy (non-hydrogen) atoms. The Morgan fingerprint density at radius 1 is 1.17 bits per heavy atom. The van der Waals surface area contributed by atoms with E-state index in [2.05, 4.69) is 15.2 Å². The van der Waals surface area contributed by atoms with E-state index in [-0.39, 0.29) is 5.41 Å². The van der Waals surface area contributed by atoms with Crippen molar-refractivity contribution in [2.75, 3.05) is 44.8 Å². The normalized spacial score (nSPS) is 27.5. The molecule has 1 spiro atoms. The zero-order chi connectivity index (χ0) is 20.4. The predicted octanol–water partition coefficient (Wildman–Crippen LogP) is 2.90. The van der Waals surface area contributed by atoms with Crippen molar-refractivity contribution in [3.05, 3.63) is 17.5 Å². The molecule has 1 N–H and O–H groups in total. The van der Waals surface area contributed by atoms with Crippen LogP contribution in [0.3, 0.4) is 0 Å². The first-order valence-electron chi connectivity index (χ1n) is 11.8. The van der Waals surface area contributed by atoms with Crippen LogP contribution in [0, 0.1) is 11.8 Å². The quantitative estimate of drug-likeness (QED) is 0.798. The Labute approximate surface area is 178 Å². The smallest absolute Gasteiger partial charge is 0.222 e. The van der Waals surface area contributed by atoms with Gasteiger partial charge in [-0.15, -0.1) is 0 Å². The van der Waals surface area contributed by atoms with Gasteiger partial charge < -0.3 is 19.7 Å². The minimum absolute atomic E-state index is 0.184. The maximum absolute atomic E-state index is 12.9. The van der Waals surface area contributed by atoms with Crippen LogP contribution in [0.4, 0.5) is 5.95 Å². The largest absolute Gasteiger partial charge is 0.381 e. The molecule has 0 bridgehead atoms. The molecule has 4 heterocycles. The first-order valence-corrected chi connectivity index (χ1v) is 11.8. The van der Waals surface area contributed by atoms with Crippen molar-refractivity contribution in [1.82, 2.24) is 14.9 Å². The summed E-state index contributed by atoms with van der Waals surface area (Å²) >= 11 is 0. The highest BCUT2D eigenvalue weighted by atomic mass is 16.5. The summed E-state index contributed by atoms with van der Waals surface area (Å²) in [6.45, 7) is 5.32. The van der Waals surface area contributed by atoms with Gasteiger partial charge in [0.05, 0.1) is 24.3 Å². The number of fused-ring (bicyclic) bond motifs is 2. The molecule has 0 radical (unpaired) electrons. The van der Waals surface area contributed by atoms with E-state index in [0.717, 1.165) is 63.4 Å². The maximum Gasteiger partial charge on any atom is 0.222 e. The minimum atomic E-state index is -0.184. The lowest BCUT2D eigenvalue weighted by Crippen LogP contribution is -2.42. The van der Waals surface area contributed by atoms with E-state index in [4.69, 9.17) is 14.5 Å². The van der Waals surface area contributed by atoms with E-state index < -0.39 is 0 Å². The van der Waals surface area contributed by atoms with Crippen molar-refractivity contribution in [1.29, 1.82) is 0 Å². The summed E-state index contributed by atoms with van der Waals surface area (Å²) in [5, 5.41) is 3.45. The van der Waals surface area contributed by atoms with Crippen molar-refractivity contribution in [2.24, 2.45) is 11.8 Å². The van der Waals surface area contributed by atoms with Crippen LogP contribution >= 0.6 is 0 Å². The number of nitrogens with one attached hydrogen (secondary N) is 1. The number of amides is 1. The molecule has 1 amide bonds. The van der Waals surface area contributed by atoms with Gasteiger partial charge in [-0.1, -0.05) is 12.8 Å². The molecule has 2 saturated heterocycles. The molecule has 1 aliphatic carbocycles. The second kappa shape index (κ2) is 8.79.